The van der Waals surface area contributed by atoms with Gasteiger partial charge in [-0.3, -0.25) is 14.8 Å². The van der Waals surface area contributed by atoms with Crippen LogP contribution in [-0.4, -0.2) is 69.3 Å². The zero-order chi connectivity index (χ0) is 19.1. The Morgan fingerprint density at radius 2 is 2.27 bits per heavy atom. The summed E-state index contributed by atoms with van der Waals surface area (Å²) in [5.74, 6) is 0.0768. The van der Waals surface area contributed by atoms with Crippen LogP contribution in [0.5, 0.6) is 0 Å². The van der Waals surface area contributed by atoms with Crippen LogP contribution in [0.1, 0.15) is 24.4 Å². The number of aromatic amines is 1. The molecule has 0 aromatic carbocycles. The molecule has 0 radical (unpaired) electrons. The topological polar surface area (TPSA) is 169 Å². The first kappa shape index (κ1) is 18.3. The fourth-order valence-corrected chi connectivity index (χ4v) is 3.53. The predicted molar refractivity (Wildman–Crippen MR) is 86.3 cm³/mol. The van der Waals surface area contributed by atoms with Crippen LogP contribution in [0.4, 0.5) is 4.79 Å². The third-order valence-corrected chi connectivity index (χ3v) is 4.56. The highest BCUT2D eigenvalue weighted by molar-refractivity contribution is 7.80. The lowest BCUT2D eigenvalue weighted by Crippen LogP contribution is -2.51. The van der Waals surface area contributed by atoms with E-state index in [4.69, 9.17) is 9.96 Å². The molecule has 3 heterocycles. The number of amides is 3. The normalized spacial score (nSPS) is 22.6. The zero-order valence-electron chi connectivity index (χ0n) is 13.8. The van der Waals surface area contributed by atoms with E-state index in [-0.39, 0.29) is 18.8 Å². The molecule has 2 atom stereocenters. The summed E-state index contributed by atoms with van der Waals surface area (Å²) in [6.07, 6.45) is 2.24. The van der Waals surface area contributed by atoms with E-state index in [1.165, 1.54) is 11.1 Å². The summed E-state index contributed by atoms with van der Waals surface area (Å²) in [5.41, 5.74) is 0.599. The molecule has 1 aromatic heterocycles. The number of hydroxylamine groups is 2. The van der Waals surface area contributed by atoms with Gasteiger partial charge in [-0.2, -0.15) is 13.5 Å². The molecule has 2 fully saturated rings. The molecule has 2 aliphatic rings. The first-order valence-corrected chi connectivity index (χ1v) is 9.16. The summed E-state index contributed by atoms with van der Waals surface area (Å²) >= 11 is 0. The highest BCUT2D eigenvalue weighted by Crippen LogP contribution is 2.30. The molecule has 13 heteroatoms. The Kier molecular flexibility index (Phi) is 4.68. The molecule has 3 amide bonds. The molecule has 142 valence electrons. The molecule has 2 aliphatic heterocycles. The lowest BCUT2D eigenvalue weighted by molar-refractivity contribution is -0.119. The Morgan fingerprint density at radius 1 is 1.54 bits per heavy atom. The molecule has 12 nitrogen and oxygen atoms in total. The maximum absolute atomic E-state index is 12.3. The van der Waals surface area contributed by atoms with Crippen molar-refractivity contribution in [1.29, 1.82) is 5.41 Å². The number of carbonyl (C=O) groups excluding carboxylic acids is 2. The average Bonchev–Trinajstić information content (AvgIpc) is 3.03. The van der Waals surface area contributed by atoms with E-state index in [9.17, 15) is 18.0 Å². The summed E-state index contributed by atoms with van der Waals surface area (Å²) in [4.78, 5) is 32.5. The molecule has 0 aliphatic carbocycles. The first-order chi connectivity index (χ1) is 12.1. The molecule has 2 bridgehead atoms. The van der Waals surface area contributed by atoms with E-state index in [0.29, 0.717) is 29.4 Å². The van der Waals surface area contributed by atoms with E-state index in [1.807, 2.05) is 0 Å². The Bertz CT molecular complexity index is 851. The van der Waals surface area contributed by atoms with Crippen LogP contribution >= 0.6 is 0 Å². The maximum Gasteiger partial charge on any atom is 0.418 e. The Hall–Kier alpha value is -2.51. The van der Waals surface area contributed by atoms with Gasteiger partial charge < -0.3 is 15.2 Å². The van der Waals surface area contributed by atoms with Gasteiger partial charge in [0.1, 0.15) is 11.7 Å². The third-order valence-electron chi connectivity index (χ3n) is 4.21. The lowest BCUT2D eigenvalue weighted by atomic mass is 10.00. The van der Waals surface area contributed by atoms with Crippen molar-refractivity contribution < 1.29 is 26.8 Å². The van der Waals surface area contributed by atoms with Crippen molar-refractivity contribution in [3.63, 3.8) is 0 Å². The van der Waals surface area contributed by atoms with Gasteiger partial charge >= 0.3 is 16.4 Å². The zero-order valence-corrected chi connectivity index (χ0v) is 14.6. The second-order valence-corrected chi connectivity index (χ2v) is 7.15. The van der Waals surface area contributed by atoms with Crippen LogP contribution in [0, 0.1) is 12.3 Å². The second kappa shape index (κ2) is 6.66. The van der Waals surface area contributed by atoms with Crippen LogP contribution in [0.2, 0.25) is 0 Å². The van der Waals surface area contributed by atoms with Gasteiger partial charge in [-0.15, -0.1) is 4.28 Å². The van der Waals surface area contributed by atoms with Crippen molar-refractivity contribution in [3.05, 3.63) is 17.7 Å². The molecule has 26 heavy (non-hydrogen) atoms. The predicted octanol–water partition coefficient (Wildman–Crippen LogP) is -0.643. The molecular formula is C13H18N6O6S. The monoisotopic (exact) mass is 386 g/mol. The van der Waals surface area contributed by atoms with E-state index < -0.39 is 34.4 Å². The minimum atomic E-state index is -4.82. The van der Waals surface area contributed by atoms with Crippen molar-refractivity contribution in [1.82, 2.24) is 25.2 Å². The molecule has 0 unspecified atom stereocenters. The van der Waals surface area contributed by atoms with Gasteiger partial charge in [0, 0.05) is 18.4 Å². The Balaban J connectivity index is 1.62. The Morgan fingerprint density at radius 3 is 2.88 bits per heavy atom. The number of carbonyl (C=O) groups is 2. The van der Waals surface area contributed by atoms with E-state index in [2.05, 4.69) is 19.6 Å². The van der Waals surface area contributed by atoms with Crippen LogP contribution in [0.25, 0.3) is 0 Å². The number of amidine groups is 1. The van der Waals surface area contributed by atoms with Crippen molar-refractivity contribution in [2.45, 2.75) is 38.3 Å². The highest BCUT2D eigenvalue weighted by atomic mass is 32.3. The van der Waals surface area contributed by atoms with Crippen LogP contribution in [-0.2, 0) is 25.9 Å². The number of nitrogens with zero attached hydrogens (tertiary/aromatic N) is 3. The fourth-order valence-electron chi connectivity index (χ4n) is 3.14. The smallest absolute Gasteiger partial charge is 0.346 e. The lowest BCUT2D eigenvalue weighted by Gasteiger charge is -2.30. The molecule has 2 saturated heterocycles. The van der Waals surface area contributed by atoms with Gasteiger partial charge in [0.05, 0.1) is 18.5 Å². The summed E-state index contributed by atoms with van der Waals surface area (Å²) in [7, 11) is -4.82. The SMILES string of the molecule is Cc1ncc(CC(=O)NC(=N)[C@@H]2CC[C@@H]3CN2C(=O)N3OS(=O)(=O)O)[nH]1. The average molecular weight is 386 g/mol. The van der Waals surface area contributed by atoms with E-state index in [1.54, 1.807) is 6.92 Å². The molecule has 1 aromatic rings. The number of H-pyrrole nitrogens is 1. The number of aryl methyl sites for hydroxylation is 1. The maximum atomic E-state index is 12.3. The highest BCUT2D eigenvalue weighted by Gasteiger charge is 2.48. The van der Waals surface area contributed by atoms with Gasteiger partial charge in [0.2, 0.25) is 5.91 Å². The standard InChI is InChI=1S/C13H18N6O6S/c1-7-15-5-8(16-7)4-11(20)17-12(14)10-3-2-9-6-18(10)13(21)19(9)25-26(22,23)24/h5,9-10H,2-4,6H2,1H3,(H,15,16)(H2,14,17,20)(H,22,23,24)/t9-,10+/m1/s1. The summed E-state index contributed by atoms with van der Waals surface area (Å²) < 4.78 is 34.8. The number of fused-ring (bicyclic) bond motifs is 2. The van der Waals surface area contributed by atoms with Crippen molar-refractivity contribution in [2.75, 3.05) is 6.54 Å². The fraction of sp³-hybridized carbons (Fsp3) is 0.538. The Labute approximate surface area is 148 Å². The van der Waals surface area contributed by atoms with Gasteiger partial charge in [-0.05, 0) is 19.8 Å². The van der Waals surface area contributed by atoms with Gasteiger partial charge in [0.15, 0.2) is 0 Å². The largest absolute Gasteiger partial charge is 0.418 e. The molecular weight excluding hydrogens is 368 g/mol. The summed E-state index contributed by atoms with van der Waals surface area (Å²) in [6.45, 7) is 1.89. The van der Waals surface area contributed by atoms with Crippen molar-refractivity contribution in [2.24, 2.45) is 0 Å². The van der Waals surface area contributed by atoms with E-state index >= 15 is 0 Å². The quantitative estimate of drug-likeness (QED) is 0.296. The number of hydrogen-bond acceptors (Lipinski definition) is 7. The van der Waals surface area contributed by atoms with Crippen LogP contribution < -0.4 is 5.32 Å². The minimum Gasteiger partial charge on any atom is -0.346 e. The summed E-state index contributed by atoms with van der Waals surface area (Å²) in [6, 6.07) is -2.03. The van der Waals surface area contributed by atoms with Crippen molar-refractivity contribution in [3.8, 4) is 0 Å². The number of aromatic nitrogens is 2. The molecule has 4 N–H and O–H groups in total. The van der Waals surface area contributed by atoms with E-state index in [0.717, 1.165) is 0 Å². The van der Waals surface area contributed by atoms with Gasteiger partial charge in [0.25, 0.3) is 0 Å². The molecule has 0 spiro atoms. The number of urea groups is 1. The summed E-state index contributed by atoms with van der Waals surface area (Å²) in [5, 5.41) is 11.1. The molecule has 3 rings (SSSR count). The van der Waals surface area contributed by atoms with Gasteiger partial charge in [-0.25, -0.2) is 9.78 Å². The second-order valence-electron chi connectivity index (χ2n) is 6.14. The molecule has 0 saturated carbocycles. The van der Waals surface area contributed by atoms with Crippen molar-refractivity contribution >= 4 is 28.2 Å². The number of imidazole rings is 1. The third kappa shape index (κ3) is 3.84. The number of nitrogens with one attached hydrogen (secondary N) is 3. The van der Waals surface area contributed by atoms with Crippen LogP contribution in [0.15, 0.2) is 6.20 Å². The number of piperidine rings is 1. The first-order valence-electron chi connectivity index (χ1n) is 7.79. The number of hydrogen-bond donors (Lipinski definition) is 4. The minimum absolute atomic E-state index is 0.00447. The van der Waals surface area contributed by atoms with Crippen LogP contribution in [0.3, 0.4) is 0 Å². The number of rotatable bonds is 5. The van der Waals surface area contributed by atoms with Gasteiger partial charge in [-0.1, -0.05) is 0 Å².